The summed E-state index contributed by atoms with van der Waals surface area (Å²) in [6.07, 6.45) is -0.268. The van der Waals surface area contributed by atoms with Gasteiger partial charge in [0.15, 0.2) is 0 Å². The summed E-state index contributed by atoms with van der Waals surface area (Å²) < 4.78 is 0. The van der Waals surface area contributed by atoms with Crippen LogP contribution in [0.5, 0.6) is 0 Å². The first-order chi connectivity index (χ1) is 11.0. The number of hydrogen-bond acceptors (Lipinski definition) is 2. The van der Waals surface area contributed by atoms with Gasteiger partial charge in [-0.2, -0.15) is 0 Å². The van der Waals surface area contributed by atoms with E-state index < -0.39 is 5.91 Å². The molecule has 2 aromatic carbocycles. The monoisotopic (exact) mass is 350 g/mol. The minimum Gasteiger partial charge on any atom is -0.352 e. The van der Waals surface area contributed by atoms with Crippen LogP contribution in [0.15, 0.2) is 42.5 Å². The summed E-state index contributed by atoms with van der Waals surface area (Å²) in [7, 11) is 0. The van der Waals surface area contributed by atoms with Crippen molar-refractivity contribution in [2.45, 2.75) is 19.9 Å². The number of benzene rings is 2. The van der Waals surface area contributed by atoms with Crippen molar-refractivity contribution in [1.29, 1.82) is 0 Å². The number of amides is 2. The van der Waals surface area contributed by atoms with Crippen LogP contribution >= 0.6 is 23.2 Å². The van der Waals surface area contributed by atoms with Crippen LogP contribution < -0.4 is 10.6 Å². The summed E-state index contributed by atoms with van der Waals surface area (Å²) in [6, 6.07) is 12.4. The summed E-state index contributed by atoms with van der Waals surface area (Å²) in [4.78, 5) is 23.7. The standard InChI is InChI=1S/C17H16Cl2N2O2/c1-11-6-7-13(8-15(11)19)21-17(23)9-16(22)20-10-12-4-2-3-5-14(12)18/h2-8H,9-10H2,1H3,(H,20,22)(H,21,23). The van der Waals surface area contributed by atoms with Crippen molar-refractivity contribution in [1.82, 2.24) is 5.32 Å². The molecule has 0 saturated heterocycles. The highest BCUT2D eigenvalue weighted by Gasteiger charge is 2.10. The molecule has 0 aromatic heterocycles. The Labute approximate surface area is 144 Å². The van der Waals surface area contributed by atoms with Gasteiger partial charge in [-0.25, -0.2) is 0 Å². The van der Waals surface area contributed by atoms with Crippen LogP contribution in [-0.4, -0.2) is 11.8 Å². The van der Waals surface area contributed by atoms with Gasteiger partial charge < -0.3 is 10.6 Å². The molecule has 23 heavy (non-hydrogen) atoms. The van der Waals surface area contributed by atoms with E-state index in [0.29, 0.717) is 15.7 Å². The van der Waals surface area contributed by atoms with Gasteiger partial charge in [-0.05, 0) is 36.2 Å². The highest BCUT2D eigenvalue weighted by molar-refractivity contribution is 6.31. The lowest BCUT2D eigenvalue weighted by molar-refractivity contribution is -0.126. The predicted molar refractivity (Wildman–Crippen MR) is 92.7 cm³/mol. The van der Waals surface area contributed by atoms with Crippen molar-refractivity contribution in [2.75, 3.05) is 5.32 Å². The molecule has 0 fully saturated rings. The number of anilines is 1. The molecule has 2 N–H and O–H groups in total. The van der Waals surface area contributed by atoms with Crippen LogP contribution in [0.25, 0.3) is 0 Å². The van der Waals surface area contributed by atoms with Crippen molar-refractivity contribution in [2.24, 2.45) is 0 Å². The normalized spacial score (nSPS) is 10.2. The molecule has 0 saturated carbocycles. The second-order valence-electron chi connectivity index (χ2n) is 5.06. The quantitative estimate of drug-likeness (QED) is 0.802. The van der Waals surface area contributed by atoms with E-state index in [4.69, 9.17) is 23.2 Å². The second kappa shape index (κ2) is 7.99. The maximum Gasteiger partial charge on any atom is 0.233 e. The molecule has 0 spiro atoms. The fourth-order valence-electron chi connectivity index (χ4n) is 1.92. The molecule has 2 aromatic rings. The Kier molecular flexibility index (Phi) is 6.02. The average Bonchev–Trinajstić information content (AvgIpc) is 2.50. The molecular formula is C17H16Cl2N2O2. The van der Waals surface area contributed by atoms with Crippen molar-refractivity contribution in [3.05, 3.63) is 63.6 Å². The average molecular weight is 351 g/mol. The molecule has 120 valence electrons. The highest BCUT2D eigenvalue weighted by atomic mass is 35.5. The van der Waals surface area contributed by atoms with E-state index in [2.05, 4.69) is 10.6 Å². The molecule has 0 aliphatic heterocycles. The maximum absolute atomic E-state index is 11.9. The summed E-state index contributed by atoms with van der Waals surface area (Å²) in [5, 5.41) is 6.44. The number of carbonyl (C=O) groups is 2. The van der Waals surface area contributed by atoms with E-state index in [1.807, 2.05) is 25.1 Å². The van der Waals surface area contributed by atoms with Gasteiger partial charge in [0.1, 0.15) is 6.42 Å². The molecule has 0 aliphatic rings. The fourth-order valence-corrected chi connectivity index (χ4v) is 2.30. The van der Waals surface area contributed by atoms with Crippen molar-refractivity contribution in [3.63, 3.8) is 0 Å². The van der Waals surface area contributed by atoms with Crippen LogP contribution in [0, 0.1) is 6.92 Å². The number of nitrogens with one attached hydrogen (secondary N) is 2. The van der Waals surface area contributed by atoms with Crippen LogP contribution in [0.2, 0.25) is 10.0 Å². The smallest absolute Gasteiger partial charge is 0.233 e. The Morgan fingerprint density at radius 3 is 2.43 bits per heavy atom. The van der Waals surface area contributed by atoms with Crippen LogP contribution in [-0.2, 0) is 16.1 Å². The molecule has 0 bridgehead atoms. The summed E-state index contributed by atoms with van der Waals surface area (Å²) in [6.45, 7) is 2.15. The number of halogens is 2. The van der Waals surface area contributed by atoms with Crippen molar-refractivity contribution >= 4 is 40.7 Å². The molecular weight excluding hydrogens is 335 g/mol. The van der Waals surface area contributed by atoms with Gasteiger partial charge in [-0.15, -0.1) is 0 Å². The van der Waals surface area contributed by atoms with Crippen molar-refractivity contribution in [3.8, 4) is 0 Å². The minimum atomic E-state index is -0.401. The highest BCUT2D eigenvalue weighted by Crippen LogP contribution is 2.20. The van der Waals surface area contributed by atoms with Crippen molar-refractivity contribution < 1.29 is 9.59 Å². The Morgan fingerprint density at radius 1 is 1.00 bits per heavy atom. The zero-order valence-electron chi connectivity index (χ0n) is 12.5. The number of hydrogen-bond donors (Lipinski definition) is 2. The number of rotatable bonds is 5. The number of aryl methyl sites for hydroxylation is 1. The molecule has 0 atom stereocenters. The maximum atomic E-state index is 11.9. The third-order valence-electron chi connectivity index (χ3n) is 3.21. The van der Waals surface area contributed by atoms with E-state index in [1.54, 1.807) is 24.3 Å². The van der Waals surface area contributed by atoms with Gasteiger partial charge in [0.05, 0.1) is 0 Å². The number of carbonyl (C=O) groups excluding carboxylic acids is 2. The molecule has 0 heterocycles. The lowest BCUT2D eigenvalue weighted by atomic mass is 10.2. The van der Waals surface area contributed by atoms with Gasteiger partial charge in [0, 0.05) is 22.3 Å². The lowest BCUT2D eigenvalue weighted by Gasteiger charge is -2.08. The van der Waals surface area contributed by atoms with Gasteiger partial charge >= 0.3 is 0 Å². The first-order valence-corrected chi connectivity index (χ1v) is 7.77. The van der Waals surface area contributed by atoms with Gasteiger partial charge in [-0.3, -0.25) is 9.59 Å². The van der Waals surface area contributed by atoms with Crippen LogP contribution in [0.1, 0.15) is 17.5 Å². The van der Waals surface area contributed by atoms with E-state index >= 15 is 0 Å². The molecule has 0 radical (unpaired) electrons. The first-order valence-electron chi connectivity index (χ1n) is 7.02. The van der Waals surface area contributed by atoms with E-state index in [-0.39, 0.29) is 18.9 Å². The van der Waals surface area contributed by atoms with Gasteiger partial charge in [-0.1, -0.05) is 47.5 Å². The van der Waals surface area contributed by atoms with E-state index in [0.717, 1.165) is 11.1 Å². The Hall–Kier alpha value is -2.04. The third kappa shape index (κ3) is 5.27. The van der Waals surface area contributed by atoms with Gasteiger partial charge in [0.25, 0.3) is 0 Å². The van der Waals surface area contributed by atoms with E-state index in [9.17, 15) is 9.59 Å². The molecule has 2 rings (SSSR count). The summed E-state index contributed by atoms with van der Waals surface area (Å²) in [5.41, 5.74) is 2.28. The Balaban J connectivity index is 1.84. The Morgan fingerprint density at radius 2 is 1.74 bits per heavy atom. The minimum absolute atomic E-state index is 0.268. The van der Waals surface area contributed by atoms with Crippen LogP contribution in [0.3, 0.4) is 0 Å². The molecule has 0 unspecified atom stereocenters. The largest absolute Gasteiger partial charge is 0.352 e. The molecule has 0 aliphatic carbocycles. The topological polar surface area (TPSA) is 58.2 Å². The third-order valence-corrected chi connectivity index (χ3v) is 3.99. The molecule has 4 nitrogen and oxygen atoms in total. The first kappa shape index (κ1) is 17.3. The zero-order chi connectivity index (χ0) is 16.8. The predicted octanol–water partition coefficient (Wildman–Crippen LogP) is 3.95. The van der Waals surface area contributed by atoms with E-state index in [1.165, 1.54) is 0 Å². The van der Waals surface area contributed by atoms with Gasteiger partial charge in [0.2, 0.25) is 11.8 Å². The summed E-state index contributed by atoms with van der Waals surface area (Å²) in [5.74, 6) is -0.776. The fraction of sp³-hybridized carbons (Fsp3) is 0.176. The lowest BCUT2D eigenvalue weighted by Crippen LogP contribution is -2.27. The molecule has 6 heteroatoms. The molecule has 2 amide bonds. The second-order valence-corrected chi connectivity index (χ2v) is 5.87. The SMILES string of the molecule is Cc1ccc(NC(=O)CC(=O)NCc2ccccc2Cl)cc1Cl. The zero-order valence-corrected chi connectivity index (χ0v) is 14.0. The Bertz CT molecular complexity index is 732. The van der Waals surface area contributed by atoms with Crippen LogP contribution in [0.4, 0.5) is 5.69 Å². The summed E-state index contributed by atoms with van der Waals surface area (Å²) >= 11 is 12.0.